The number of fused-ring (bicyclic) bond motifs is 1. The van der Waals surface area contributed by atoms with Gasteiger partial charge in [-0.15, -0.1) is 0 Å². The SMILES string of the molecule is Cc1ccnn1-c1c(O)c2cc(-c3ccc(N(C)C)cc3)c(Cl)cc2[nH]c1=O. The summed E-state index contributed by atoms with van der Waals surface area (Å²) in [6.07, 6.45) is 1.58. The minimum atomic E-state index is -0.434. The number of pyridine rings is 1. The van der Waals surface area contributed by atoms with Gasteiger partial charge in [-0.3, -0.25) is 4.79 Å². The van der Waals surface area contributed by atoms with E-state index < -0.39 is 5.56 Å². The molecule has 0 aliphatic rings. The number of anilines is 1. The van der Waals surface area contributed by atoms with Gasteiger partial charge in [-0.1, -0.05) is 23.7 Å². The number of aromatic hydroxyl groups is 1. The van der Waals surface area contributed by atoms with Gasteiger partial charge >= 0.3 is 0 Å². The average molecular weight is 395 g/mol. The Morgan fingerprint density at radius 3 is 2.46 bits per heavy atom. The maximum absolute atomic E-state index is 12.5. The second-order valence-corrected chi connectivity index (χ2v) is 7.26. The lowest BCUT2D eigenvalue weighted by Gasteiger charge is -2.14. The topological polar surface area (TPSA) is 74.2 Å². The van der Waals surface area contributed by atoms with Crippen molar-refractivity contribution < 1.29 is 5.11 Å². The van der Waals surface area contributed by atoms with Gasteiger partial charge in [-0.05, 0) is 42.8 Å². The van der Waals surface area contributed by atoms with Crippen LogP contribution in [0.3, 0.4) is 0 Å². The zero-order valence-corrected chi connectivity index (χ0v) is 16.4. The standard InChI is InChI=1S/C21H19ClN4O2/c1-12-8-9-23-26(12)19-20(27)16-10-15(17(22)11-18(16)24-21(19)28)13-4-6-14(7-5-13)25(2)3/h4-11H,1-3H3,(H2,24,27,28). The van der Waals surface area contributed by atoms with E-state index in [0.717, 1.165) is 22.5 Å². The lowest BCUT2D eigenvalue weighted by molar-refractivity contribution is 0.474. The highest BCUT2D eigenvalue weighted by Gasteiger charge is 2.18. The largest absolute Gasteiger partial charge is 0.505 e. The number of hydrogen-bond acceptors (Lipinski definition) is 4. The summed E-state index contributed by atoms with van der Waals surface area (Å²) in [4.78, 5) is 17.4. The van der Waals surface area contributed by atoms with Crippen molar-refractivity contribution in [3.8, 4) is 22.6 Å². The Balaban J connectivity index is 1.94. The van der Waals surface area contributed by atoms with Crippen molar-refractivity contribution in [2.45, 2.75) is 6.92 Å². The predicted molar refractivity (Wildman–Crippen MR) is 113 cm³/mol. The van der Waals surface area contributed by atoms with Crippen LogP contribution in [0.5, 0.6) is 5.75 Å². The smallest absolute Gasteiger partial charge is 0.278 e. The van der Waals surface area contributed by atoms with Crippen LogP contribution < -0.4 is 10.5 Å². The van der Waals surface area contributed by atoms with Crippen molar-refractivity contribution >= 4 is 28.2 Å². The molecule has 0 atom stereocenters. The van der Waals surface area contributed by atoms with Gasteiger partial charge < -0.3 is 15.0 Å². The minimum absolute atomic E-state index is 0.0891. The van der Waals surface area contributed by atoms with E-state index in [-0.39, 0.29) is 11.4 Å². The Bertz CT molecular complexity index is 1240. The first kappa shape index (κ1) is 18.1. The van der Waals surface area contributed by atoms with E-state index in [1.807, 2.05) is 50.2 Å². The Kier molecular flexibility index (Phi) is 4.35. The molecule has 0 aliphatic carbocycles. The zero-order valence-electron chi connectivity index (χ0n) is 15.7. The molecule has 0 fully saturated rings. The molecule has 0 saturated carbocycles. The molecule has 2 aromatic heterocycles. The first-order valence-electron chi connectivity index (χ1n) is 8.74. The maximum atomic E-state index is 12.5. The summed E-state index contributed by atoms with van der Waals surface area (Å²) in [5.41, 5.74) is 3.62. The van der Waals surface area contributed by atoms with Gasteiger partial charge in [0.25, 0.3) is 5.56 Å². The predicted octanol–water partition coefficient (Wildman–Crippen LogP) is 4.11. The number of nitrogens with one attached hydrogen (secondary N) is 1. The van der Waals surface area contributed by atoms with E-state index in [1.54, 1.807) is 24.4 Å². The fraction of sp³-hybridized carbons (Fsp3) is 0.143. The van der Waals surface area contributed by atoms with Gasteiger partial charge in [-0.25, -0.2) is 4.68 Å². The van der Waals surface area contributed by atoms with Crippen molar-refractivity contribution in [2.24, 2.45) is 0 Å². The van der Waals surface area contributed by atoms with Gasteiger partial charge in [-0.2, -0.15) is 5.10 Å². The number of rotatable bonds is 3. The quantitative estimate of drug-likeness (QED) is 0.548. The summed E-state index contributed by atoms with van der Waals surface area (Å²) in [7, 11) is 3.95. The average Bonchev–Trinajstić information content (AvgIpc) is 3.07. The summed E-state index contributed by atoms with van der Waals surface area (Å²) < 4.78 is 1.42. The molecule has 2 N–H and O–H groups in total. The lowest BCUT2D eigenvalue weighted by Crippen LogP contribution is -2.16. The van der Waals surface area contributed by atoms with Crippen LogP contribution in [0.25, 0.3) is 27.7 Å². The van der Waals surface area contributed by atoms with Crippen molar-refractivity contribution in [3.63, 3.8) is 0 Å². The van der Waals surface area contributed by atoms with Crippen molar-refractivity contribution in [1.82, 2.24) is 14.8 Å². The molecule has 0 spiro atoms. The molecule has 4 aromatic rings. The van der Waals surface area contributed by atoms with Gasteiger partial charge in [0.15, 0.2) is 11.4 Å². The van der Waals surface area contributed by atoms with E-state index in [2.05, 4.69) is 10.1 Å². The molecule has 2 aromatic carbocycles. The zero-order chi connectivity index (χ0) is 20.0. The van der Waals surface area contributed by atoms with Gasteiger partial charge in [0, 0.05) is 42.6 Å². The number of benzene rings is 2. The van der Waals surface area contributed by atoms with Crippen molar-refractivity contribution in [3.05, 3.63) is 69.7 Å². The molecule has 0 radical (unpaired) electrons. The molecule has 28 heavy (non-hydrogen) atoms. The third-order valence-corrected chi connectivity index (χ3v) is 5.10. The molecule has 4 rings (SSSR count). The minimum Gasteiger partial charge on any atom is -0.505 e. The normalized spacial score (nSPS) is 11.1. The first-order chi connectivity index (χ1) is 13.4. The number of nitrogens with zero attached hydrogens (tertiary/aromatic N) is 3. The summed E-state index contributed by atoms with van der Waals surface area (Å²) in [6, 6.07) is 13.2. The fourth-order valence-electron chi connectivity index (χ4n) is 3.25. The molecule has 0 bridgehead atoms. The van der Waals surface area contributed by atoms with Crippen LogP contribution in [0.4, 0.5) is 5.69 Å². The number of aryl methyl sites for hydroxylation is 1. The second-order valence-electron chi connectivity index (χ2n) is 6.85. The molecule has 0 amide bonds. The molecule has 7 heteroatoms. The molecular weight excluding hydrogens is 376 g/mol. The van der Waals surface area contributed by atoms with Gasteiger partial charge in [0.1, 0.15) is 0 Å². The number of aromatic nitrogens is 3. The Morgan fingerprint density at radius 2 is 1.86 bits per heavy atom. The summed E-state index contributed by atoms with van der Waals surface area (Å²) in [5, 5.41) is 16.0. The van der Waals surface area contributed by atoms with Crippen LogP contribution in [-0.4, -0.2) is 34.0 Å². The summed E-state index contributed by atoms with van der Waals surface area (Å²) in [5.74, 6) is -0.131. The van der Waals surface area contributed by atoms with Crippen LogP contribution in [0.15, 0.2) is 53.5 Å². The highest BCUT2D eigenvalue weighted by Crippen LogP contribution is 2.36. The van der Waals surface area contributed by atoms with Crippen LogP contribution in [-0.2, 0) is 0 Å². The summed E-state index contributed by atoms with van der Waals surface area (Å²) in [6.45, 7) is 1.82. The molecule has 142 valence electrons. The number of aromatic amines is 1. The van der Waals surface area contributed by atoms with E-state index in [0.29, 0.717) is 15.9 Å². The van der Waals surface area contributed by atoms with E-state index in [9.17, 15) is 9.90 Å². The van der Waals surface area contributed by atoms with E-state index in [1.165, 1.54) is 4.68 Å². The van der Waals surface area contributed by atoms with Crippen LogP contribution in [0.2, 0.25) is 5.02 Å². The van der Waals surface area contributed by atoms with Gasteiger partial charge in [0.05, 0.1) is 10.5 Å². The van der Waals surface area contributed by atoms with E-state index >= 15 is 0 Å². The molecule has 0 aliphatic heterocycles. The summed E-state index contributed by atoms with van der Waals surface area (Å²) >= 11 is 6.48. The monoisotopic (exact) mass is 394 g/mol. The Morgan fingerprint density at radius 1 is 1.14 bits per heavy atom. The lowest BCUT2D eigenvalue weighted by atomic mass is 10.0. The fourth-order valence-corrected chi connectivity index (χ4v) is 3.52. The van der Waals surface area contributed by atoms with Crippen molar-refractivity contribution in [2.75, 3.05) is 19.0 Å². The second kappa shape index (κ2) is 6.73. The molecule has 0 saturated heterocycles. The molecular formula is C21H19ClN4O2. The van der Waals surface area contributed by atoms with E-state index in [4.69, 9.17) is 11.6 Å². The van der Waals surface area contributed by atoms with Crippen LogP contribution >= 0.6 is 11.6 Å². The maximum Gasteiger partial charge on any atom is 0.278 e. The molecule has 0 unspecified atom stereocenters. The number of halogens is 1. The molecule has 2 heterocycles. The van der Waals surface area contributed by atoms with Crippen LogP contribution in [0.1, 0.15) is 5.69 Å². The van der Waals surface area contributed by atoms with Gasteiger partial charge in [0.2, 0.25) is 0 Å². The first-order valence-corrected chi connectivity index (χ1v) is 9.12. The third-order valence-electron chi connectivity index (χ3n) is 4.79. The number of hydrogen-bond donors (Lipinski definition) is 2. The Hall–Kier alpha value is -3.25. The number of H-pyrrole nitrogens is 1. The highest BCUT2D eigenvalue weighted by atomic mass is 35.5. The van der Waals surface area contributed by atoms with Crippen molar-refractivity contribution in [1.29, 1.82) is 0 Å². The highest BCUT2D eigenvalue weighted by molar-refractivity contribution is 6.34. The Labute approximate surface area is 166 Å². The molecule has 6 nitrogen and oxygen atoms in total. The third kappa shape index (κ3) is 2.92. The van der Waals surface area contributed by atoms with Crippen LogP contribution in [0, 0.1) is 6.92 Å².